The number of carboxylic acid groups (broad SMARTS) is 1. The number of imidazole rings is 1. The van der Waals surface area contributed by atoms with E-state index in [0.29, 0.717) is 5.56 Å². The van der Waals surface area contributed by atoms with Crippen molar-refractivity contribution in [1.82, 2.24) is 14.7 Å². The molecule has 0 spiro atoms. The average molecular weight is 291 g/mol. The molecule has 0 bridgehead atoms. The maximum atomic E-state index is 12.3. The molecule has 1 amide bonds. The lowest BCUT2D eigenvalue weighted by Crippen LogP contribution is -2.50. The summed E-state index contributed by atoms with van der Waals surface area (Å²) in [4.78, 5) is 27.3. The number of pyridine rings is 1. The van der Waals surface area contributed by atoms with E-state index in [0.717, 1.165) is 5.65 Å². The van der Waals surface area contributed by atoms with Gasteiger partial charge in [0.2, 0.25) is 0 Å². The molecular formula is C14H17N3O4. The van der Waals surface area contributed by atoms with Crippen molar-refractivity contribution in [2.75, 3.05) is 13.7 Å². The normalized spacial score (nSPS) is 13.8. The number of carboxylic acids is 1. The second kappa shape index (κ2) is 5.92. The summed E-state index contributed by atoms with van der Waals surface area (Å²) >= 11 is 0. The molecule has 7 nitrogen and oxygen atoms in total. The third-order valence-electron chi connectivity index (χ3n) is 3.07. The summed E-state index contributed by atoms with van der Waals surface area (Å²) in [6.45, 7) is 1.75. The van der Waals surface area contributed by atoms with Crippen molar-refractivity contribution in [3.05, 3.63) is 36.3 Å². The van der Waals surface area contributed by atoms with Gasteiger partial charge in [-0.05, 0) is 19.1 Å². The summed E-state index contributed by atoms with van der Waals surface area (Å²) in [6, 6.07) is 3.37. The minimum absolute atomic E-state index is 0.109. The summed E-state index contributed by atoms with van der Waals surface area (Å²) < 4.78 is 6.73. The van der Waals surface area contributed by atoms with Crippen molar-refractivity contribution in [1.29, 1.82) is 0 Å². The minimum Gasteiger partial charge on any atom is -0.481 e. The zero-order valence-electron chi connectivity index (χ0n) is 11.9. The lowest BCUT2D eigenvalue weighted by Gasteiger charge is -2.28. The van der Waals surface area contributed by atoms with Gasteiger partial charge < -0.3 is 19.6 Å². The molecule has 0 aliphatic rings. The molecular weight excluding hydrogens is 274 g/mol. The van der Waals surface area contributed by atoms with E-state index >= 15 is 0 Å². The Kier molecular flexibility index (Phi) is 4.23. The molecule has 2 aromatic rings. The summed E-state index contributed by atoms with van der Waals surface area (Å²) in [5, 5.41) is 11.7. The maximum Gasteiger partial charge on any atom is 0.305 e. The van der Waals surface area contributed by atoms with E-state index in [9.17, 15) is 9.59 Å². The van der Waals surface area contributed by atoms with Crippen LogP contribution in [0.25, 0.3) is 5.65 Å². The van der Waals surface area contributed by atoms with E-state index in [4.69, 9.17) is 9.84 Å². The Hall–Kier alpha value is -2.41. The van der Waals surface area contributed by atoms with Gasteiger partial charge >= 0.3 is 5.97 Å². The minimum atomic E-state index is -1.00. The van der Waals surface area contributed by atoms with E-state index in [1.54, 1.807) is 42.0 Å². The van der Waals surface area contributed by atoms with E-state index in [2.05, 4.69) is 10.3 Å². The molecule has 2 heterocycles. The molecule has 0 radical (unpaired) electrons. The zero-order chi connectivity index (χ0) is 15.5. The van der Waals surface area contributed by atoms with E-state index < -0.39 is 11.5 Å². The van der Waals surface area contributed by atoms with Crippen LogP contribution in [0.4, 0.5) is 0 Å². The highest BCUT2D eigenvalue weighted by Crippen LogP contribution is 2.13. The van der Waals surface area contributed by atoms with Gasteiger partial charge in [0.05, 0.1) is 24.1 Å². The molecule has 0 saturated heterocycles. The van der Waals surface area contributed by atoms with Crippen LogP contribution in [0.3, 0.4) is 0 Å². The lowest BCUT2D eigenvalue weighted by molar-refractivity contribution is -0.139. The first kappa shape index (κ1) is 15.0. The number of rotatable bonds is 6. The van der Waals surface area contributed by atoms with Gasteiger partial charge in [0.1, 0.15) is 5.65 Å². The number of hydrogen-bond acceptors (Lipinski definition) is 4. The quantitative estimate of drug-likeness (QED) is 0.826. The predicted molar refractivity (Wildman–Crippen MR) is 75.2 cm³/mol. The number of nitrogens with zero attached hydrogens (tertiary/aromatic N) is 2. The first-order valence-electron chi connectivity index (χ1n) is 6.39. The maximum absolute atomic E-state index is 12.3. The van der Waals surface area contributed by atoms with Crippen molar-refractivity contribution in [2.24, 2.45) is 0 Å². The third-order valence-corrected chi connectivity index (χ3v) is 3.07. The van der Waals surface area contributed by atoms with E-state index in [1.807, 2.05) is 0 Å². The summed E-state index contributed by atoms with van der Waals surface area (Å²) in [6.07, 6.45) is 4.79. The number of carbonyl (C=O) groups is 2. The first-order chi connectivity index (χ1) is 9.93. The van der Waals surface area contributed by atoms with Crippen LogP contribution in [0.2, 0.25) is 0 Å². The van der Waals surface area contributed by atoms with Gasteiger partial charge in [0, 0.05) is 25.7 Å². The molecule has 0 aliphatic heterocycles. The summed E-state index contributed by atoms with van der Waals surface area (Å²) in [5.74, 6) is -1.36. The third kappa shape index (κ3) is 3.57. The highest BCUT2D eigenvalue weighted by Gasteiger charge is 2.30. The van der Waals surface area contributed by atoms with Crippen molar-refractivity contribution >= 4 is 17.5 Å². The van der Waals surface area contributed by atoms with E-state index in [1.165, 1.54) is 7.11 Å². The zero-order valence-corrected chi connectivity index (χ0v) is 11.9. The van der Waals surface area contributed by atoms with Gasteiger partial charge in [-0.25, -0.2) is 4.98 Å². The van der Waals surface area contributed by atoms with Gasteiger partial charge in [-0.1, -0.05) is 0 Å². The molecule has 0 aliphatic carbocycles. The average Bonchev–Trinajstić information content (AvgIpc) is 2.84. The molecule has 2 rings (SSSR count). The number of aliphatic carboxylic acids is 1. The fourth-order valence-electron chi connectivity index (χ4n) is 2.18. The molecule has 2 aromatic heterocycles. The van der Waals surface area contributed by atoms with Gasteiger partial charge in [0.15, 0.2) is 0 Å². The molecule has 7 heteroatoms. The van der Waals surface area contributed by atoms with Crippen LogP contribution in [-0.4, -0.2) is 45.6 Å². The first-order valence-corrected chi connectivity index (χ1v) is 6.39. The smallest absolute Gasteiger partial charge is 0.305 e. The van der Waals surface area contributed by atoms with Crippen molar-refractivity contribution in [2.45, 2.75) is 18.9 Å². The fourth-order valence-corrected chi connectivity index (χ4v) is 2.18. The largest absolute Gasteiger partial charge is 0.481 e. The molecule has 1 atom stereocenters. The van der Waals surface area contributed by atoms with Crippen LogP contribution in [-0.2, 0) is 9.53 Å². The van der Waals surface area contributed by atoms with Gasteiger partial charge in [0.25, 0.3) is 5.91 Å². The predicted octanol–water partition coefficient (Wildman–Crippen LogP) is 0.944. The Morgan fingerprint density at radius 3 is 2.90 bits per heavy atom. The van der Waals surface area contributed by atoms with Gasteiger partial charge in [-0.2, -0.15) is 0 Å². The summed E-state index contributed by atoms with van der Waals surface area (Å²) in [5.41, 5.74) is 0.187. The SMILES string of the molecule is COCC(C)(CC(=O)O)NC(=O)c1ccc2nccn2c1. The molecule has 0 aromatic carbocycles. The Labute approximate surface area is 121 Å². The Morgan fingerprint density at radius 1 is 1.48 bits per heavy atom. The Balaban J connectivity index is 2.19. The Bertz CT molecular complexity index is 667. The van der Waals surface area contributed by atoms with Gasteiger partial charge in [-0.15, -0.1) is 0 Å². The second-order valence-electron chi connectivity index (χ2n) is 5.13. The number of ether oxygens (including phenoxy) is 1. The topological polar surface area (TPSA) is 92.9 Å². The monoisotopic (exact) mass is 291 g/mol. The van der Waals surface area contributed by atoms with Crippen molar-refractivity contribution in [3.63, 3.8) is 0 Å². The molecule has 0 saturated carbocycles. The number of methoxy groups -OCH3 is 1. The van der Waals surface area contributed by atoms with Crippen molar-refractivity contribution < 1.29 is 19.4 Å². The fraction of sp³-hybridized carbons (Fsp3) is 0.357. The standard InChI is InChI=1S/C14H17N3O4/c1-14(9-21-2,7-12(18)19)16-13(20)10-3-4-11-15-5-6-17(11)8-10/h3-6,8H,7,9H2,1-2H3,(H,16,20)(H,18,19). The van der Waals surface area contributed by atoms with E-state index in [-0.39, 0.29) is 18.9 Å². The van der Waals surface area contributed by atoms with Crippen LogP contribution in [0.1, 0.15) is 23.7 Å². The van der Waals surface area contributed by atoms with Crippen LogP contribution in [0, 0.1) is 0 Å². The number of hydrogen-bond donors (Lipinski definition) is 2. The molecule has 0 fully saturated rings. The highest BCUT2D eigenvalue weighted by atomic mass is 16.5. The van der Waals surface area contributed by atoms with Crippen LogP contribution >= 0.6 is 0 Å². The number of nitrogens with one attached hydrogen (secondary N) is 1. The van der Waals surface area contributed by atoms with Gasteiger partial charge in [-0.3, -0.25) is 9.59 Å². The number of aromatic nitrogens is 2. The highest BCUT2D eigenvalue weighted by molar-refractivity contribution is 5.95. The molecule has 112 valence electrons. The van der Waals surface area contributed by atoms with Crippen molar-refractivity contribution in [3.8, 4) is 0 Å². The second-order valence-corrected chi connectivity index (χ2v) is 5.13. The molecule has 21 heavy (non-hydrogen) atoms. The lowest BCUT2D eigenvalue weighted by atomic mass is 9.98. The van der Waals surface area contributed by atoms with Crippen LogP contribution in [0.15, 0.2) is 30.7 Å². The summed E-state index contributed by atoms with van der Waals surface area (Å²) in [7, 11) is 1.46. The Morgan fingerprint density at radius 2 is 2.24 bits per heavy atom. The number of fused-ring (bicyclic) bond motifs is 1. The molecule has 1 unspecified atom stereocenters. The number of carbonyl (C=O) groups excluding carboxylic acids is 1. The molecule has 2 N–H and O–H groups in total. The van der Waals surface area contributed by atoms with Crippen LogP contribution < -0.4 is 5.32 Å². The van der Waals surface area contributed by atoms with Crippen LogP contribution in [0.5, 0.6) is 0 Å². The number of amides is 1.